The molecule has 8 nitrogen and oxygen atoms in total. The van der Waals surface area contributed by atoms with Crippen LogP contribution in [0.2, 0.25) is 0 Å². The van der Waals surface area contributed by atoms with Crippen molar-refractivity contribution in [3.8, 4) is 0 Å². The molecule has 0 amide bonds. The van der Waals surface area contributed by atoms with Gasteiger partial charge in [-0.05, 0) is 77.0 Å². The fourth-order valence-corrected chi connectivity index (χ4v) is 6.87. The number of hydrogen-bond acceptors (Lipinski definition) is 7. The molecular weight excluding hydrogens is 721 g/mol. The van der Waals surface area contributed by atoms with E-state index >= 15 is 0 Å². The molecule has 0 radical (unpaired) electrons. The monoisotopic (exact) mass is 808 g/mol. The number of carbonyl (C=O) groups excluding carboxylic acids is 1. The average Bonchev–Trinajstić information content (AvgIpc) is 3.19. The van der Waals surface area contributed by atoms with Gasteiger partial charge in [-0.15, -0.1) is 0 Å². The Hall–Kier alpha value is -1.80. The van der Waals surface area contributed by atoms with Crippen LogP contribution >= 0.6 is 7.82 Å². The topological polar surface area (TPSA) is 117 Å². The van der Waals surface area contributed by atoms with Gasteiger partial charge in [-0.2, -0.15) is 0 Å². The van der Waals surface area contributed by atoms with Crippen LogP contribution in [0.4, 0.5) is 0 Å². The second kappa shape index (κ2) is 44.3. The van der Waals surface area contributed by atoms with Crippen LogP contribution < -0.4 is 5.73 Å². The number of allylic oxidation sites excluding steroid dienone is 10. The maximum Gasteiger partial charge on any atom is 0.472 e. The van der Waals surface area contributed by atoms with Gasteiger partial charge in [0.2, 0.25) is 0 Å². The molecule has 2 atom stereocenters. The molecule has 0 heterocycles. The Kier molecular flexibility index (Phi) is 42.9. The van der Waals surface area contributed by atoms with Gasteiger partial charge >= 0.3 is 13.8 Å². The van der Waals surface area contributed by atoms with Crippen molar-refractivity contribution in [3.05, 3.63) is 60.8 Å². The lowest BCUT2D eigenvalue weighted by molar-refractivity contribution is -0.154. The van der Waals surface area contributed by atoms with Crippen molar-refractivity contribution in [2.24, 2.45) is 5.73 Å². The van der Waals surface area contributed by atoms with Crippen LogP contribution in [0.15, 0.2) is 60.8 Å². The zero-order chi connectivity index (χ0) is 40.9. The van der Waals surface area contributed by atoms with E-state index in [1.54, 1.807) is 0 Å². The minimum absolute atomic E-state index is 0.0948. The number of phosphoric ester groups is 1. The van der Waals surface area contributed by atoms with Gasteiger partial charge in [0.05, 0.1) is 19.8 Å². The zero-order valence-corrected chi connectivity index (χ0v) is 37.0. The number of unbranched alkanes of at least 4 members (excludes halogenated alkanes) is 20. The Labute approximate surface area is 344 Å². The molecule has 0 fully saturated rings. The van der Waals surface area contributed by atoms with Crippen molar-refractivity contribution < 1.29 is 32.8 Å². The van der Waals surface area contributed by atoms with Crippen molar-refractivity contribution in [1.29, 1.82) is 0 Å². The Morgan fingerprint density at radius 2 is 1.00 bits per heavy atom. The molecule has 0 spiro atoms. The number of esters is 1. The van der Waals surface area contributed by atoms with E-state index < -0.39 is 13.9 Å². The molecule has 326 valence electrons. The van der Waals surface area contributed by atoms with Gasteiger partial charge in [0.25, 0.3) is 0 Å². The van der Waals surface area contributed by atoms with Crippen molar-refractivity contribution in [2.45, 2.75) is 200 Å². The predicted molar refractivity (Wildman–Crippen MR) is 238 cm³/mol. The molecule has 0 aromatic rings. The van der Waals surface area contributed by atoms with E-state index in [0.29, 0.717) is 13.0 Å². The number of phosphoric acid groups is 1. The van der Waals surface area contributed by atoms with Crippen LogP contribution in [0, 0.1) is 0 Å². The quantitative estimate of drug-likeness (QED) is 0.0271. The summed E-state index contributed by atoms with van der Waals surface area (Å²) in [6, 6.07) is 0. The Bertz CT molecular complexity index is 1040. The van der Waals surface area contributed by atoms with Gasteiger partial charge in [0.1, 0.15) is 6.10 Å². The summed E-state index contributed by atoms with van der Waals surface area (Å²) in [5, 5.41) is 0. The van der Waals surface area contributed by atoms with E-state index in [1.807, 2.05) is 0 Å². The van der Waals surface area contributed by atoms with Crippen LogP contribution in [-0.2, 0) is 27.9 Å². The van der Waals surface area contributed by atoms with Crippen molar-refractivity contribution in [3.63, 3.8) is 0 Å². The number of rotatable bonds is 43. The molecule has 56 heavy (non-hydrogen) atoms. The summed E-state index contributed by atoms with van der Waals surface area (Å²) in [5.41, 5.74) is 5.37. The molecule has 0 saturated carbocycles. The summed E-state index contributed by atoms with van der Waals surface area (Å²) < 4.78 is 33.5. The Morgan fingerprint density at radius 3 is 1.50 bits per heavy atom. The van der Waals surface area contributed by atoms with Gasteiger partial charge in [0, 0.05) is 19.6 Å². The maximum absolute atomic E-state index is 12.6. The minimum atomic E-state index is -4.29. The second-order valence-electron chi connectivity index (χ2n) is 14.9. The minimum Gasteiger partial charge on any atom is -0.457 e. The molecule has 3 N–H and O–H groups in total. The third kappa shape index (κ3) is 43.3. The average molecular weight is 808 g/mol. The zero-order valence-electron chi connectivity index (χ0n) is 36.1. The Balaban J connectivity index is 4.03. The highest BCUT2D eigenvalue weighted by Gasteiger charge is 2.25. The summed E-state index contributed by atoms with van der Waals surface area (Å²) in [4.78, 5) is 22.5. The number of nitrogens with two attached hydrogens (primary N) is 1. The first kappa shape index (κ1) is 54.2. The SMILES string of the molecule is CC/C=C\C/C=C\C/C=C\CCCCCCCCOCC(COP(=O)(O)OCCN)OC(=O)CCCCCCCCCCC/C=C\C/C=C\CCCCCCC. The molecule has 0 rings (SSSR count). The van der Waals surface area contributed by atoms with Crippen molar-refractivity contribution >= 4 is 13.8 Å². The van der Waals surface area contributed by atoms with Gasteiger partial charge in [-0.25, -0.2) is 4.57 Å². The van der Waals surface area contributed by atoms with Gasteiger partial charge in [-0.3, -0.25) is 13.8 Å². The van der Waals surface area contributed by atoms with E-state index in [1.165, 1.54) is 103 Å². The fourth-order valence-electron chi connectivity index (χ4n) is 6.10. The van der Waals surface area contributed by atoms with Crippen LogP contribution in [0.1, 0.15) is 194 Å². The van der Waals surface area contributed by atoms with E-state index in [4.69, 9.17) is 24.3 Å². The molecule has 2 unspecified atom stereocenters. The molecule has 9 heteroatoms. The van der Waals surface area contributed by atoms with Crippen LogP contribution in [0.3, 0.4) is 0 Å². The second-order valence-corrected chi connectivity index (χ2v) is 16.3. The van der Waals surface area contributed by atoms with E-state index in [9.17, 15) is 14.3 Å². The first-order chi connectivity index (χ1) is 27.4. The van der Waals surface area contributed by atoms with Gasteiger partial charge < -0.3 is 20.1 Å². The van der Waals surface area contributed by atoms with Crippen LogP contribution in [0.25, 0.3) is 0 Å². The predicted octanol–water partition coefficient (Wildman–Crippen LogP) is 13.8. The van der Waals surface area contributed by atoms with Crippen molar-refractivity contribution in [1.82, 2.24) is 0 Å². The summed E-state index contributed by atoms with van der Waals surface area (Å²) >= 11 is 0. The first-order valence-electron chi connectivity index (χ1n) is 22.8. The molecule has 0 aliphatic carbocycles. The molecular formula is C47H86NO7P. The normalized spacial score (nSPS) is 14.0. The van der Waals surface area contributed by atoms with E-state index in [2.05, 4.69) is 74.6 Å². The molecule has 0 bridgehead atoms. The first-order valence-corrected chi connectivity index (χ1v) is 24.3. The largest absolute Gasteiger partial charge is 0.472 e. The fraction of sp³-hybridized carbons (Fsp3) is 0.766. The number of carbonyl (C=O) groups is 1. The van der Waals surface area contributed by atoms with Crippen molar-refractivity contribution in [2.75, 3.05) is 33.0 Å². The molecule has 0 saturated heterocycles. The molecule has 0 aromatic carbocycles. The molecule has 0 aliphatic rings. The highest BCUT2D eigenvalue weighted by atomic mass is 31.2. The van der Waals surface area contributed by atoms with E-state index in [0.717, 1.165) is 70.6 Å². The smallest absolute Gasteiger partial charge is 0.457 e. The molecule has 0 aromatic heterocycles. The van der Waals surface area contributed by atoms with Gasteiger partial charge in [-0.1, -0.05) is 171 Å². The van der Waals surface area contributed by atoms with Gasteiger partial charge in [0.15, 0.2) is 0 Å². The van der Waals surface area contributed by atoms with Crippen LogP contribution in [-0.4, -0.2) is 49.9 Å². The third-order valence-corrected chi connectivity index (χ3v) is 10.4. The summed E-state index contributed by atoms with van der Waals surface area (Å²) in [6.07, 6.45) is 53.8. The lowest BCUT2D eigenvalue weighted by Crippen LogP contribution is -2.28. The summed E-state index contributed by atoms with van der Waals surface area (Å²) in [5.74, 6) is -0.341. The maximum atomic E-state index is 12.6. The highest BCUT2D eigenvalue weighted by molar-refractivity contribution is 7.47. The van der Waals surface area contributed by atoms with Crippen LogP contribution in [0.5, 0.6) is 0 Å². The van der Waals surface area contributed by atoms with E-state index in [-0.39, 0.29) is 32.3 Å². The summed E-state index contributed by atoms with van der Waals surface area (Å²) in [7, 11) is -4.29. The highest BCUT2D eigenvalue weighted by Crippen LogP contribution is 2.43. The lowest BCUT2D eigenvalue weighted by Gasteiger charge is -2.20. The third-order valence-electron chi connectivity index (χ3n) is 9.42. The standard InChI is InChI=1S/C47H86NO7P/c1-3-5-7-9-11-13-15-17-19-21-22-23-24-25-26-28-30-32-34-36-38-40-47(49)55-46(45-54-56(50,51)53-43-41-48)44-52-42-39-37-35-33-31-29-27-20-18-16-14-12-10-8-6-4-2/h6,8,12,14-15,17-18,20-22,46H,3-5,7,9-11,13,16,19,23-45,48H2,1-2H3,(H,50,51)/b8-6-,14-12-,17-15-,20-18-,22-21-. The number of ether oxygens (including phenoxy) is 2. The summed E-state index contributed by atoms with van der Waals surface area (Å²) in [6.45, 7) is 4.77. The lowest BCUT2D eigenvalue weighted by atomic mass is 10.1. The number of hydrogen-bond donors (Lipinski definition) is 2. The molecule has 0 aliphatic heterocycles. The Morgan fingerprint density at radius 1 is 0.554 bits per heavy atom.